The number of halogens is 2. The number of nitrogens with one attached hydrogen (secondary N) is 2. The summed E-state index contributed by atoms with van der Waals surface area (Å²) in [6.45, 7) is 1.17. The van der Waals surface area contributed by atoms with E-state index >= 15 is 0 Å². The summed E-state index contributed by atoms with van der Waals surface area (Å²) < 4.78 is 27.4. The molecule has 4 rings (SSSR count). The summed E-state index contributed by atoms with van der Waals surface area (Å²) in [4.78, 5) is 18.2. The number of thiazole rings is 1. The van der Waals surface area contributed by atoms with Gasteiger partial charge in [-0.3, -0.25) is 4.79 Å². The van der Waals surface area contributed by atoms with E-state index in [1.165, 1.54) is 6.07 Å². The smallest absolute Gasteiger partial charge is 0.279 e. The van der Waals surface area contributed by atoms with Gasteiger partial charge >= 0.3 is 0 Å². The van der Waals surface area contributed by atoms with E-state index in [9.17, 15) is 13.6 Å². The van der Waals surface area contributed by atoms with E-state index in [2.05, 4.69) is 11.4 Å². The van der Waals surface area contributed by atoms with Crippen molar-refractivity contribution in [1.29, 1.82) is 0 Å². The number of hydrogen-bond donors (Lipinski definition) is 2. The molecule has 2 N–H and O–H groups in total. The van der Waals surface area contributed by atoms with Crippen LogP contribution in [0.2, 0.25) is 0 Å². The average Bonchev–Trinajstić information content (AvgIpc) is 3.24. The zero-order valence-electron chi connectivity index (χ0n) is 14.0. The lowest BCUT2D eigenvalue weighted by Gasteiger charge is -2.19. The van der Waals surface area contributed by atoms with Gasteiger partial charge in [0.15, 0.2) is 23.2 Å². The second-order valence-corrected chi connectivity index (χ2v) is 7.54. The molecule has 1 fully saturated rings. The topological polar surface area (TPSA) is 46.4 Å². The molecule has 0 bridgehead atoms. The van der Waals surface area contributed by atoms with Gasteiger partial charge in [-0.15, -0.1) is 11.3 Å². The van der Waals surface area contributed by atoms with Crippen molar-refractivity contribution in [1.82, 2.24) is 4.98 Å². The zero-order chi connectivity index (χ0) is 18.1. The molecule has 1 amide bonds. The van der Waals surface area contributed by atoms with Crippen LogP contribution in [0.5, 0.6) is 0 Å². The summed E-state index contributed by atoms with van der Waals surface area (Å²) in [5.41, 5.74) is 1.26. The molecular formula is C19H18F2N3OS+. The minimum atomic E-state index is -0.969. The Bertz CT molecular complexity index is 926. The van der Waals surface area contributed by atoms with E-state index in [0.29, 0.717) is 0 Å². The Hall–Kier alpha value is -2.38. The van der Waals surface area contributed by atoms with Crippen LogP contribution >= 0.6 is 11.3 Å². The average molecular weight is 374 g/mol. The number of hydrogen-bond acceptors (Lipinski definition) is 3. The van der Waals surface area contributed by atoms with Gasteiger partial charge in [0.1, 0.15) is 6.04 Å². The molecule has 0 saturated carbocycles. The minimum Gasteiger partial charge on any atom is -0.321 e. The maximum Gasteiger partial charge on any atom is 0.279 e. The fraction of sp³-hybridized carbons (Fsp3) is 0.263. The van der Waals surface area contributed by atoms with Gasteiger partial charge in [-0.05, 0) is 24.3 Å². The number of nitrogens with zero attached hydrogens (tertiary/aromatic N) is 1. The van der Waals surface area contributed by atoms with Crippen molar-refractivity contribution >= 4 is 33.1 Å². The van der Waals surface area contributed by atoms with Crippen LogP contribution < -0.4 is 10.2 Å². The van der Waals surface area contributed by atoms with Crippen molar-refractivity contribution in [3.05, 3.63) is 59.1 Å². The van der Waals surface area contributed by atoms with Crippen LogP contribution in [0.1, 0.15) is 23.9 Å². The third-order valence-electron chi connectivity index (χ3n) is 4.68. The highest BCUT2D eigenvalue weighted by atomic mass is 32.1. The van der Waals surface area contributed by atoms with Gasteiger partial charge in [-0.25, -0.2) is 13.8 Å². The molecule has 2 heterocycles. The quantitative estimate of drug-likeness (QED) is 0.738. The molecule has 2 aromatic carbocycles. The van der Waals surface area contributed by atoms with Crippen molar-refractivity contribution in [2.24, 2.45) is 0 Å². The van der Waals surface area contributed by atoms with Gasteiger partial charge in [0.2, 0.25) is 0 Å². The molecule has 1 aromatic heterocycles. The SMILES string of the molecule is O=C(C[NH+]1CCC[C@@H]1c1nc2ccccc2s1)Nc1ccc(F)c(F)c1. The third-order valence-corrected chi connectivity index (χ3v) is 5.83. The molecule has 0 aliphatic carbocycles. The predicted molar refractivity (Wildman–Crippen MR) is 97.3 cm³/mol. The number of amides is 1. The van der Waals surface area contributed by atoms with Crippen LogP contribution in [0.3, 0.4) is 0 Å². The zero-order valence-corrected chi connectivity index (χ0v) is 14.8. The number of likely N-dealkylation sites (tertiary alicyclic amines) is 1. The molecule has 1 unspecified atom stereocenters. The van der Waals surface area contributed by atoms with E-state index in [1.807, 2.05) is 18.2 Å². The molecular weight excluding hydrogens is 356 g/mol. The van der Waals surface area contributed by atoms with E-state index in [1.54, 1.807) is 11.3 Å². The summed E-state index contributed by atoms with van der Waals surface area (Å²) in [5.74, 6) is -2.10. The summed E-state index contributed by atoms with van der Waals surface area (Å²) in [5, 5.41) is 3.71. The third kappa shape index (κ3) is 3.45. The van der Waals surface area contributed by atoms with Gasteiger partial charge in [0.25, 0.3) is 5.91 Å². The lowest BCUT2D eigenvalue weighted by Crippen LogP contribution is -3.11. The van der Waals surface area contributed by atoms with E-state index in [0.717, 1.165) is 51.6 Å². The van der Waals surface area contributed by atoms with Crippen LogP contribution in [0.4, 0.5) is 14.5 Å². The lowest BCUT2D eigenvalue weighted by molar-refractivity contribution is -0.910. The largest absolute Gasteiger partial charge is 0.321 e. The molecule has 2 atom stereocenters. The highest BCUT2D eigenvalue weighted by molar-refractivity contribution is 7.18. The maximum absolute atomic E-state index is 13.3. The Labute approximate surface area is 153 Å². The van der Waals surface area contributed by atoms with Gasteiger partial charge in [0.05, 0.1) is 16.8 Å². The van der Waals surface area contributed by atoms with Gasteiger partial charge in [0, 0.05) is 24.6 Å². The molecule has 4 nitrogen and oxygen atoms in total. The second kappa shape index (κ2) is 7.09. The van der Waals surface area contributed by atoms with Crippen molar-refractivity contribution in [3.63, 3.8) is 0 Å². The molecule has 1 aliphatic heterocycles. The first-order valence-electron chi connectivity index (χ1n) is 8.55. The molecule has 1 aliphatic rings. The highest BCUT2D eigenvalue weighted by Crippen LogP contribution is 2.28. The summed E-state index contributed by atoms with van der Waals surface area (Å²) in [6.07, 6.45) is 2.03. The normalized spacial score (nSPS) is 19.8. The lowest BCUT2D eigenvalue weighted by atomic mass is 10.2. The summed E-state index contributed by atoms with van der Waals surface area (Å²) in [7, 11) is 0. The fourth-order valence-corrected chi connectivity index (χ4v) is 4.61. The van der Waals surface area contributed by atoms with Crippen LogP contribution in [0.15, 0.2) is 42.5 Å². The van der Waals surface area contributed by atoms with Crippen LogP contribution in [-0.4, -0.2) is 24.0 Å². The molecule has 1 saturated heterocycles. The van der Waals surface area contributed by atoms with Gasteiger partial charge in [-0.2, -0.15) is 0 Å². The number of benzene rings is 2. The van der Waals surface area contributed by atoms with Crippen molar-refractivity contribution in [2.45, 2.75) is 18.9 Å². The Kier molecular flexibility index (Phi) is 4.65. The Balaban J connectivity index is 1.46. The number of anilines is 1. The molecule has 0 radical (unpaired) electrons. The van der Waals surface area contributed by atoms with E-state index < -0.39 is 11.6 Å². The first-order chi connectivity index (χ1) is 12.6. The van der Waals surface area contributed by atoms with Crippen LogP contribution in [-0.2, 0) is 4.79 Å². The van der Waals surface area contributed by atoms with E-state index in [4.69, 9.17) is 4.98 Å². The predicted octanol–water partition coefficient (Wildman–Crippen LogP) is 2.93. The first-order valence-corrected chi connectivity index (χ1v) is 9.37. The Morgan fingerprint density at radius 2 is 2.08 bits per heavy atom. The Morgan fingerprint density at radius 1 is 1.23 bits per heavy atom. The second-order valence-electron chi connectivity index (χ2n) is 6.48. The fourth-order valence-electron chi connectivity index (χ4n) is 3.45. The standard InChI is InChI=1S/C19H17F2N3OS/c20-13-8-7-12(10-14(13)21)22-18(25)11-24-9-3-5-16(24)19-23-15-4-1-2-6-17(15)26-19/h1-2,4,6-8,10,16H,3,5,9,11H2,(H,22,25)/p+1/t16-/m1/s1. The minimum absolute atomic E-state index is 0.197. The number of carbonyl (C=O) groups is 1. The number of fused-ring (bicyclic) bond motifs is 1. The van der Waals surface area contributed by atoms with Crippen LogP contribution in [0.25, 0.3) is 10.2 Å². The monoisotopic (exact) mass is 374 g/mol. The van der Waals surface area contributed by atoms with Crippen molar-refractivity contribution in [2.75, 3.05) is 18.4 Å². The van der Waals surface area contributed by atoms with Crippen LogP contribution in [0, 0.1) is 11.6 Å². The number of rotatable bonds is 4. The summed E-state index contributed by atoms with van der Waals surface area (Å²) in [6, 6.07) is 11.6. The number of para-hydroxylation sites is 1. The molecule has 0 spiro atoms. The van der Waals surface area contributed by atoms with E-state index in [-0.39, 0.29) is 24.2 Å². The molecule has 134 valence electrons. The van der Waals surface area contributed by atoms with Gasteiger partial charge < -0.3 is 10.2 Å². The number of aromatic nitrogens is 1. The van der Waals surface area contributed by atoms with Crippen molar-refractivity contribution < 1.29 is 18.5 Å². The highest BCUT2D eigenvalue weighted by Gasteiger charge is 2.34. The maximum atomic E-state index is 13.3. The Morgan fingerprint density at radius 3 is 2.88 bits per heavy atom. The number of quaternary nitrogens is 1. The van der Waals surface area contributed by atoms with Crippen molar-refractivity contribution in [3.8, 4) is 0 Å². The summed E-state index contributed by atoms with van der Waals surface area (Å²) >= 11 is 1.68. The first kappa shape index (κ1) is 17.1. The molecule has 7 heteroatoms. The number of carbonyl (C=O) groups excluding carboxylic acids is 1. The molecule has 3 aromatic rings. The molecule has 26 heavy (non-hydrogen) atoms. The van der Waals surface area contributed by atoms with Gasteiger partial charge in [-0.1, -0.05) is 12.1 Å².